The predicted octanol–water partition coefficient (Wildman–Crippen LogP) is -0.449. The van der Waals surface area contributed by atoms with Gasteiger partial charge in [-0.2, -0.15) is 0 Å². The lowest BCUT2D eigenvalue weighted by atomic mass is 9.94. The molecule has 0 bridgehead atoms. The van der Waals surface area contributed by atoms with Crippen molar-refractivity contribution in [2.24, 2.45) is 0 Å². The molecule has 0 aromatic rings. The van der Waals surface area contributed by atoms with E-state index in [9.17, 15) is 13.5 Å². The summed E-state index contributed by atoms with van der Waals surface area (Å²) in [6, 6.07) is -0.137. The quantitative estimate of drug-likeness (QED) is 0.692. The lowest BCUT2D eigenvalue weighted by molar-refractivity contribution is -0.0623. The Morgan fingerprint density at radius 1 is 1.44 bits per heavy atom. The van der Waals surface area contributed by atoms with Crippen LogP contribution in [0, 0.1) is 0 Å². The Morgan fingerprint density at radius 2 is 2.00 bits per heavy atom. The average molecular weight is 251 g/mol. The first-order valence-corrected chi connectivity index (χ1v) is 7.58. The molecule has 0 spiro atoms. The van der Waals surface area contributed by atoms with Gasteiger partial charge in [0.15, 0.2) is 0 Å². The molecule has 5 nitrogen and oxygen atoms in total. The summed E-state index contributed by atoms with van der Waals surface area (Å²) in [5.74, 6) is 0.0968. The van der Waals surface area contributed by atoms with Gasteiger partial charge in [-0.1, -0.05) is 0 Å². The molecule has 0 radical (unpaired) electrons. The number of nitrogens with one attached hydrogen (secondary N) is 1. The van der Waals surface area contributed by atoms with Crippen molar-refractivity contribution >= 4 is 9.84 Å². The fraction of sp³-hybridized carbons (Fsp3) is 1.00. The summed E-state index contributed by atoms with van der Waals surface area (Å²) in [6.45, 7) is 3.37. The Balaban J connectivity index is 2.33. The zero-order valence-corrected chi connectivity index (χ0v) is 10.7. The van der Waals surface area contributed by atoms with Crippen LogP contribution in [0.1, 0.15) is 19.8 Å². The van der Waals surface area contributed by atoms with Gasteiger partial charge < -0.3 is 15.2 Å². The highest BCUT2D eigenvalue weighted by Gasteiger charge is 2.29. The third-order valence-electron chi connectivity index (χ3n) is 2.76. The van der Waals surface area contributed by atoms with E-state index in [2.05, 4.69) is 5.32 Å². The SMILES string of the molecule is CC(CS(C)(=O)=O)NCC1(O)CCOCC1. The molecule has 1 aliphatic heterocycles. The highest BCUT2D eigenvalue weighted by Crippen LogP contribution is 2.19. The van der Waals surface area contributed by atoms with E-state index in [4.69, 9.17) is 4.74 Å². The second-order valence-corrected chi connectivity index (χ2v) is 6.90. The van der Waals surface area contributed by atoms with Gasteiger partial charge in [0.25, 0.3) is 0 Å². The predicted molar refractivity (Wildman–Crippen MR) is 62.2 cm³/mol. The molecule has 0 aromatic heterocycles. The van der Waals surface area contributed by atoms with Crippen LogP contribution in [0.2, 0.25) is 0 Å². The van der Waals surface area contributed by atoms with Gasteiger partial charge in [0.1, 0.15) is 9.84 Å². The Morgan fingerprint density at radius 3 is 2.50 bits per heavy atom. The average Bonchev–Trinajstić information content (AvgIpc) is 2.14. The van der Waals surface area contributed by atoms with E-state index in [1.165, 1.54) is 6.26 Å². The molecule has 1 unspecified atom stereocenters. The molecule has 0 aromatic carbocycles. The third-order valence-corrected chi connectivity index (χ3v) is 3.86. The van der Waals surface area contributed by atoms with Gasteiger partial charge in [-0.3, -0.25) is 0 Å². The second-order valence-electron chi connectivity index (χ2n) is 4.71. The number of rotatable bonds is 5. The molecule has 1 atom stereocenters. The molecule has 1 fully saturated rings. The lowest BCUT2D eigenvalue weighted by Gasteiger charge is -2.33. The fourth-order valence-electron chi connectivity index (χ4n) is 1.81. The molecule has 1 saturated heterocycles. The zero-order chi connectivity index (χ0) is 12.2. The maximum absolute atomic E-state index is 11.1. The topological polar surface area (TPSA) is 75.6 Å². The number of aliphatic hydroxyl groups is 1. The van der Waals surface area contributed by atoms with E-state index >= 15 is 0 Å². The van der Waals surface area contributed by atoms with E-state index in [1.807, 2.05) is 6.92 Å². The van der Waals surface area contributed by atoms with E-state index in [0.717, 1.165) is 0 Å². The molecule has 16 heavy (non-hydrogen) atoms. The molecule has 2 N–H and O–H groups in total. The monoisotopic (exact) mass is 251 g/mol. The van der Waals surface area contributed by atoms with Gasteiger partial charge in [-0.15, -0.1) is 0 Å². The Hall–Kier alpha value is -0.170. The van der Waals surface area contributed by atoms with Crippen molar-refractivity contribution in [1.29, 1.82) is 0 Å². The summed E-state index contributed by atoms with van der Waals surface area (Å²) in [5.41, 5.74) is -0.746. The first-order valence-electron chi connectivity index (χ1n) is 5.52. The summed E-state index contributed by atoms with van der Waals surface area (Å²) in [5, 5.41) is 13.2. The molecule has 1 heterocycles. The zero-order valence-electron chi connectivity index (χ0n) is 9.90. The number of sulfone groups is 1. The van der Waals surface area contributed by atoms with Gasteiger partial charge in [0, 0.05) is 44.9 Å². The molecule has 0 amide bonds. The maximum Gasteiger partial charge on any atom is 0.148 e. The summed E-state index contributed by atoms with van der Waals surface area (Å²) >= 11 is 0. The van der Waals surface area contributed by atoms with Crippen molar-refractivity contribution in [3.8, 4) is 0 Å². The van der Waals surface area contributed by atoms with Crippen LogP contribution < -0.4 is 5.32 Å². The van der Waals surface area contributed by atoms with E-state index in [1.54, 1.807) is 0 Å². The first-order chi connectivity index (χ1) is 7.31. The van der Waals surface area contributed by atoms with Gasteiger partial charge in [-0.05, 0) is 6.92 Å². The molecule has 1 rings (SSSR count). The van der Waals surface area contributed by atoms with E-state index in [-0.39, 0.29) is 11.8 Å². The molecule has 1 aliphatic rings. The van der Waals surface area contributed by atoms with Gasteiger partial charge in [0.2, 0.25) is 0 Å². The largest absolute Gasteiger partial charge is 0.388 e. The molecule has 0 saturated carbocycles. The van der Waals surface area contributed by atoms with Gasteiger partial charge >= 0.3 is 0 Å². The van der Waals surface area contributed by atoms with E-state index < -0.39 is 15.4 Å². The van der Waals surface area contributed by atoms with Crippen LogP contribution in [0.5, 0.6) is 0 Å². The van der Waals surface area contributed by atoms with Crippen molar-refractivity contribution in [2.45, 2.75) is 31.4 Å². The molecule has 96 valence electrons. The highest BCUT2D eigenvalue weighted by molar-refractivity contribution is 7.90. The van der Waals surface area contributed by atoms with Crippen LogP contribution in [0.25, 0.3) is 0 Å². The van der Waals surface area contributed by atoms with Crippen LogP contribution in [0.3, 0.4) is 0 Å². The smallest absolute Gasteiger partial charge is 0.148 e. The van der Waals surface area contributed by atoms with Crippen LogP contribution in [0.4, 0.5) is 0 Å². The standard InChI is InChI=1S/C10H21NO4S/c1-9(7-16(2,13)14)11-8-10(12)3-5-15-6-4-10/h9,11-12H,3-8H2,1-2H3. The van der Waals surface area contributed by atoms with Crippen LogP contribution >= 0.6 is 0 Å². The summed E-state index contributed by atoms with van der Waals surface area (Å²) in [4.78, 5) is 0. The third kappa shape index (κ3) is 5.25. The Labute approximate surface area is 97.1 Å². The minimum atomic E-state index is -2.96. The summed E-state index contributed by atoms with van der Waals surface area (Å²) < 4.78 is 27.3. The maximum atomic E-state index is 11.1. The Bertz CT molecular complexity index is 309. The number of ether oxygens (including phenoxy) is 1. The van der Waals surface area contributed by atoms with Crippen molar-refractivity contribution in [3.05, 3.63) is 0 Å². The van der Waals surface area contributed by atoms with Crippen LogP contribution in [-0.2, 0) is 14.6 Å². The summed E-state index contributed by atoms with van der Waals surface area (Å²) in [7, 11) is -2.96. The normalized spacial score (nSPS) is 22.9. The van der Waals surface area contributed by atoms with Crippen molar-refractivity contribution < 1.29 is 18.3 Å². The second kappa shape index (κ2) is 5.44. The molecule has 6 heteroatoms. The molecular weight excluding hydrogens is 230 g/mol. The molecular formula is C10H21NO4S. The summed E-state index contributed by atoms with van der Waals surface area (Å²) in [6.07, 6.45) is 2.42. The highest BCUT2D eigenvalue weighted by atomic mass is 32.2. The van der Waals surface area contributed by atoms with Crippen molar-refractivity contribution in [1.82, 2.24) is 5.32 Å². The molecule has 0 aliphatic carbocycles. The van der Waals surface area contributed by atoms with Crippen LogP contribution in [0.15, 0.2) is 0 Å². The minimum Gasteiger partial charge on any atom is -0.388 e. The minimum absolute atomic E-state index is 0.0968. The first kappa shape index (κ1) is 13.9. The number of hydrogen-bond acceptors (Lipinski definition) is 5. The number of hydrogen-bond donors (Lipinski definition) is 2. The Kier molecular flexibility index (Phi) is 4.73. The fourth-order valence-corrected chi connectivity index (χ4v) is 2.83. The van der Waals surface area contributed by atoms with E-state index in [0.29, 0.717) is 32.6 Å². The lowest BCUT2D eigenvalue weighted by Crippen LogP contribution is -2.48. The van der Waals surface area contributed by atoms with Crippen molar-refractivity contribution in [2.75, 3.05) is 31.8 Å². The van der Waals surface area contributed by atoms with Crippen LogP contribution in [-0.4, -0.2) is 56.9 Å². The van der Waals surface area contributed by atoms with Gasteiger partial charge in [0.05, 0.1) is 11.4 Å². The van der Waals surface area contributed by atoms with Crippen molar-refractivity contribution in [3.63, 3.8) is 0 Å². The van der Waals surface area contributed by atoms with Gasteiger partial charge in [-0.25, -0.2) is 8.42 Å².